The quantitative estimate of drug-likeness (QED) is 0.607. The molecule has 7 heteroatoms. The molecule has 2 aromatic heterocycles. The van der Waals surface area contributed by atoms with E-state index in [0.29, 0.717) is 18.1 Å². The van der Waals surface area contributed by atoms with Crippen molar-refractivity contribution >= 4 is 16.7 Å². The van der Waals surface area contributed by atoms with Crippen LogP contribution in [0.2, 0.25) is 0 Å². The number of piperidine rings is 1. The Labute approximate surface area is 188 Å². The van der Waals surface area contributed by atoms with Crippen molar-refractivity contribution in [1.82, 2.24) is 19.9 Å². The zero-order valence-corrected chi connectivity index (χ0v) is 18.5. The molecule has 166 valence electrons. The summed E-state index contributed by atoms with van der Waals surface area (Å²) in [5, 5.41) is 0. The van der Waals surface area contributed by atoms with Crippen molar-refractivity contribution in [3.8, 4) is 5.75 Å². The van der Waals surface area contributed by atoms with Crippen LogP contribution in [0.5, 0.6) is 5.75 Å². The van der Waals surface area contributed by atoms with Crippen molar-refractivity contribution in [1.29, 1.82) is 0 Å². The Hall–Kier alpha value is -2.80. The summed E-state index contributed by atoms with van der Waals surface area (Å²) in [6.07, 6.45) is 13.0. The number of hydrogen-bond donors (Lipinski definition) is 0. The number of hydrogen-bond acceptors (Lipinski definition) is 7. The van der Waals surface area contributed by atoms with Crippen molar-refractivity contribution in [2.45, 2.75) is 63.8 Å². The molecule has 1 aliphatic carbocycles. The van der Waals surface area contributed by atoms with Gasteiger partial charge in [-0.15, -0.1) is 0 Å². The van der Waals surface area contributed by atoms with Gasteiger partial charge in [0.1, 0.15) is 17.1 Å². The second kappa shape index (κ2) is 8.28. The molecule has 5 heterocycles. The Morgan fingerprint density at radius 1 is 1.00 bits per heavy atom. The van der Waals surface area contributed by atoms with Crippen LogP contribution < -0.4 is 9.64 Å². The molecule has 2 atom stereocenters. The molecule has 4 fully saturated rings. The van der Waals surface area contributed by atoms with Gasteiger partial charge in [0, 0.05) is 55.5 Å². The molecular formula is C25H29N5O2. The van der Waals surface area contributed by atoms with Gasteiger partial charge in [-0.25, -0.2) is 15.0 Å². The molecule has 1 aromatic carbocycles. The average Bonchev–Trinajstić information content (AvgIpc) is 2.80. The standard InChI is InChI=1S/C25H29N5O2/c1-16-26-7-6-18(29-16)10-17-2-4-20(5-3-17)32-24-12-19(11-23-25(24)28-9-8-27-23)30-14-21-13-22(15-30)31-21/h6-9,11-12,17,20-22H,2-5,10,13-15H2,1H3. The molecule has 7 rings (SSSR count). The van der Waals surface area contributed by atoms with Crippen LogP contribution >= 0.6 is 0 Å². The van der Waals surface area contributed by atoms with E-state index in [9.17, 15) is 0 Å². The number of benzene rings is 1. The Balaban J connectivity index is 1.16. The third-order valence-electron chi connectivity index (χ3n) is 7.07. The maximum Gasteiger partial charge on any atom is 0.149 e. The number of fused-ring (bicyclic) bond motifs is 3. The molecule has 4 aliphatic rings. The van der Waals surface area contributed by atoms with Crippen LogP contribution in [0.25, 0.3) is 11.0 Å². The lowest BCUT2D eigenvalue weighted by Crippen LogP contribution is -2.57. The molecule has 2 bridgehead atoms. The fraction of sp³-hybridized carbons (Fsp3) is 0.520. The Bertz CT molecular complexity index is 1100. The third kappa shape index (κ3) is 4.01. The molecule has 3 aliphatic heterocycles. The van der Waals surface area contributed by atoms with E-state index in [0.717, 1.165) is 73.5 Å². The summed E-state index contributed by atoms with van der Waals surface area (Å²) in [5.41, 5.74) is 4.07. The zero-order chi connectivity index (χ0) is 21.5. The summed E-state index contributed by atoms with van der Waals surface area (Å²) in [5.74, 6) is 2.37. The van der Waals surface area contributed by atoms with Gasteiger partial charge in [-0.3, -0.25) is 4.98 Å². The first-order chi connectivity index (χ1) is 15.7. The second-order valence-electron chi connectivity index (χ2n) is 9.45. The minimum atomic E-state index is 0.219. The second-order valence-corrected chi connectivity index (χ2v) is 9.45. The van der Waals surface area contributed by atoms with Crippen molar-refractivity contribution < 1.29 is 9.47 Å². The van der Waals surface area contributed by atoms with E-state index < -0.39 is 0 Å². The highest BCUT2D eigenvalue weighted by Gasteiger charge is 2.38. The fourth-order valence-electron chi connectivity index (χ4n) is 5.42. The molecule has 2 unspecified atom stereocenters. The number of aromatic nitrogens is 4. The molecule has 0 N–H and O–H groups in total. The summed E-state index contributed by atoms with van der Waals surface area (Å²) in [6, 6.07) is 6.35. The van der Waals surface area contributed by atoms with Crippen molar-refractivity contribution in [3.63, 3.8) is 0 Å². The normalized spacial score (nSPS) is 27.2. The first-order valence-electron chi connectivity index (χ1n) is 11.8. The zero-order valence-electron chi connectivity index (χ0n) is 18.5. The van der Waals surface area contributed by atoms with Crippen LogP contribution in [0, 0.1) is 12.8 Å². The Morgan fingerprint density at radius 3 is 2.56 bits per heavy atom. The van der Waals surface area contributed by atoms with Gasteiger partial charge in [-0.05, 0) is 57.1 Å². The maximum atomic E-state index is 6.57. The van der Waals surface area contributed by atoms with E-state index in [1.54, 1.807) is 12.4 Å². The summed E-state index contributed by atoms with van der Waals surface area (Å²) >= 11 is 0. The van der Waals surface area contributed by atoms with E-state index in [4.69, 9.17) is 9.47 Å². The summed E-state index contributed by atoms with van der Waals surface area (Å²) in [7, 11) is 0. The third-order valence-corrected chi connectivity index (χ3v) is 7.07. The molecule has 0 amide bonds. The van der Waals surface area contributed by atoms with Crippen LogP contribution in [0.1, 0.15) is 43.6 Å². The van der Waals surface area contributed by atoms with Crippen LogP contribution in [-0.2, 0) is 11.2 Å². The van der Waals surface area contributed by atoms with Crippen LogP contribution in [0.3, 0.4) is 0 Å². The highest BCUT2D eigenvalue weighted by Crippen LogP contribution is 2.37. The lowest BCUT2D eigenvalue weighted by atomic mass is 9.84. The highest BCUT2D eigenvalue weighted by atomic mass is 16.5. The molecule has 3 saturated heterocycles. The number of morpholine rings is 1. The first kappa shape index (κ1) is 19.9. The number of rotatable bonds is 5. The number of ether oxygens (including phenoxy) is 2. The molecule has 3 aromatic rings. The predicted molar refractivity (Wildman–Crippen MR) is 122 cm³/mol. The molecule has 1 saturated carbocycles. The fourth-order valence-corrected chi connectivity index (χ4v) is 5.42. The molecule has 0 radical (unpaired) electrons. The van der Waals surface area contributed by atoms with Gasteiger partial charge in [0.05, 0.1) is 23.8 Å². The van der Waals surface area contributed by atoms with Gasteiger partial charge in [0.15, 0.2) is 0 Å². The molecule has 0 spiro atoms. The van der Waals surface area contributed by atoms with Crippen molar-refractivity contribution in [3.05, 3.63) is 48.3 Å². The number of nitrogens with zero attached hydrogens (tertiary/aromatic N) is 5. The van der Waals surface area contributed by atoms with E-state index in [-0.39, 0.29) is 6.10 Å². The van der Waals surface area contributed by atoms with E-state index in [1.165, 1.54) is 12.1 Å². The highest BCUT2D eigenvalue weighted by molar-refractivity contribution is 5.85. The van der Waals surface area contributed by atoms with E-state index >= 15 is 0 Å². The SMILES string of the molecule is Cc1nccc(CC2CCC(Oc3cc(N4CC5CC(C4)O5)cc4nccnc34)CC2)n1. The lowest BCUT2D eigenvalue weighted by Gasteiger charge is -2.48. The monoisotopic (exact) mass is 431 g/mol. The molecular weight excluding hydrogens is 402 g/mol. The van der Waals surface area contributed by atoms with Crippen LogP contribution in [0.15, 0.2) is 36.8 Å². The number of aryl methyl sites for hydroxylation is 1. The minimum absolute atomic E-state index is 0.219. The average molecular weight is 432 g/mol. The van der Waals surface area contributed by atoms with Crippen LogP contribution in [-0.4, -0.2) is 51.3 Å². The number of anilines is 1. The largest absolute Gasteiger partial charge is 0.488 e. The van der Waals surface area contributed by atoms with E-state index in [1.807, 2.05) is 19.2 Å². The van der Waals surface area contributed by atoms with Gasteiger partial charge >= 0.3 is 0 Å². The van der Waals surface area contributed by atoms with Crippen molar-refractivity contribution in [2.75, 3.05) is 18.0 Å². The molecule has 32 heavy (non-hydrogen) atoms. The van der Waals surface area contributed by atoms with Gasteiger partial charge in [-0.2, -0.15) is 0 Å². The van der Waals surface area contributed by atoms with Crippen LogP contribution in [0.4, 0.5) is 5.69 Å². The van der Waals surface area contributed by atoms with Gasteiger partial charge < -0.3 is 14.4 Å². The van der Waals surface area contributed by atoms with Gasteiger partial charge in [-0.1, -0.05) is 0 Å². The van der Waals surface area contributed by atoms with Gasteiger partial charge in [0.2, 0.25) is 0 Å². The summed E-state index contributed by atoms with van der Waals surface area (Å²) < 4.78 is 12.4. The topological polar surface area (TPSA) is 73.3 Å². The maximum absolute atomic E-state index is 6.57. The molecule has 7 nitrogen and oxygen atoms in total. The van der Waals surface area contributed by atoms with Gasteiger partial charge in [0.25, 0.3) is 0 Å². The Morgan fingerprint density at radius 2 is 1.78 bits per heavy atom. The summed E-state index contributed by atoms with van der Waals surface area (Å²) in [6.45, 7) is 3.83. The minimum Gasteiger partial charge on any atom is -0.488 e. The Kier molecular flexibility index (Phi) is 5.14. The lowest BCUT2D eigenvalue weighted by molar-refractivity contribution is -0.133. The smallest absolute Gasteiger partial charge is 0.149 e. The van der Waals surface area contributed by atoms with E-state index in [2.05, 4.69) is 37.0 Å². The predicted octanol–water partition coefficient (Wildman–Crippen LogP) is 3.89. The summed E-state index contributed by atoms with van der Waals surface area (Å²) in [4.78, 5) is 20.4. The van der Waals surface area contributed by atoms with Crippen molar-refractivity contribution in [2.24, 2.45) is 5.92 Å². The first-order valence-corrected chi connectivity index (χ1v) is 11.8.